The number of rotatable bonds is 8. The van der Waals surface area contributed by atoms with Gasteiger partial charge in [-0.2, -0.15) is 10.5 Å². The molecule has 1 saturated heterocycles. The second kappa shape index (κ2) is 12.7. The molecule has 5 nitrogen and oxygen atoms in total. The van der Waals surface area contributed by atoms with Crippen LogP contribution >= 0.6 is 0 Å². The van der Waals surface area contributed by atoms with Crippen molar-refractivity contribution < 1.29 is 0 Å². The van der Waals surface area contributed by atoms with E-state index in [1.807, 2.05) is 30.3 Å². The van der Waals surface area contributed by atoms with Gasteiger partial charge < -0.3 is 0 Å². The summed E-state index contributed by atoms with van der Waals surface area (Å²) in [5, 5.41) is 18.5. The van der Waals surface area contributed by atoms with Gasteiger partial charge in [-0.05, 0) is 48.2 Å². The van der Waals surface area contributed by atoms with E-state index in [9.17, 15) is 5.26 Å². The average molecular weight is 456 g/mol. The summed E-state index contributed by atoms with van der Waals surface area (Å²) >= 11 is 0. The summed E-state index contributed by atoms with van der Waals surface area (Å²) in [6, 6.07) is 21.3. The van der Waals surface area contributed by atoms with Crippen molar-refractivity contribution in [2.24, 2.45) is 0 Å². The third kappa shape index (κ3) is 7.15. The van der Waals surface area contributed by atoms with Crippen molar-refractivity contribution in [2.45, 2.75) is 57.7 Å². The molecular formula is C29H37N5. The van der Waals surface area contributed by atoms with Crippen LogP contribution in [0.15, 0.2) is 48.5 Å². The largest absolute Gasteiger partial charge is 0.300 e. The molecule has 34 heavy (non-hydrogen) atoms. The molecule has 2 aliphatic rings. The predicted molar refractivity (Wildman–Crippen MR) is 136 cm³/mol. The van der Waals surface area contributed by atoms with Gasteiger partial charge in [0.25, 0.3) is 0 Å². The number of benzene rings is 2. The Balaban J connectivity index is 1.31. The third-order valence-corrected chi connectivity index (χ3v) is 7.41. The number of nitrogens with zero attached hydrogens (tertiary/aromatic N) is 5. The van der Waals surface area contributed by atoms with Crippen LogP contribution in [-0.4, -0.2) is 60.0 Å². The fraction of sp³-hybridized carbons (Fsp3) is 0.517. The zero-order valence-electron chi connectivity index (χ0n) is 20.3. The molecule has 0 unspecified atom stereocenters. The number of nitriles is 2. The fourth-order valence-electron chi connectivity index (χ4n) is 5.43. The van der Waals surface area contributed by atoms with Crippen molar-refractivity contribution in [2.75, 3.05) is 39.3 Å². The van der Waals surface area contributed by atoms with Gasteiger partial charge in [0, 0.05) is 58.4 Å². The van der Waals surface area contributed by atoms with Crippen molar-refractivity contribution in [3.8, 4) is 12.1 Å². The molecule has 0 radical (unpaired) electrons. The lowest BCUT2D eigenvalue weighted by atomic mass is 10.0. The van der Waals surface area contributed by atoms with Crippen LogP contribution in [0.4, 0.5) is 0 Å². The molecule has 0 atom stereocenters. The highest BCUT2D eigenvalue weighted by Gasteiger charge is 2.23. The molecule has 0 spiro atoms. The topological polar surface area (TPSA) is 57.3 Å². The summed E-state index contributed by atoms with van der Waals surface area (Å²) in [5.41, 5.74) is 3.99. The molecule has 0 bridgehead atoms. The highest BCUT2D eigenvalue weighted by atomic mass is 15.3. The van der Waals surface area contributed by atoms with E-state index in [1.54, 1.807) is 0 Å². The van der Waals surface area contributed by atoms with Gasteiger partial charge in [0.15, 0.2) is 0 Å². The maximum absolute atomic E-state index is 9.31. The maximum Gasteiger partial charge on any atom is 0.0991 e. The van der Waals surface area contributed by atoms with Gasteiger partial charge in [-0.3, -0.25) is 14.7 Å². The highest BCUT2D eigenvalue weighted by Crippen LogP contribution is 2.24. The van der Waals surface area contributed by atoms with Crippen molar-refractivity contribution >= 4 is 0 Å². The molecule has 0 N–H and O–H groups in total. The van der Waals surface area contributed by atoms with Gasteiger partial charge in [-0.15, -0.1) is 0 Å². The van der Waals surface area contributed by atoms with E-state index in [1.165, 1.54) is 49.7 Å². The smallest absolute Gasteiger partial charge is 0.0991 e. The zero-order chi connectivity index (χ0) is 23.6. The first-order chi connectivity index (χ1) is 16.7. The van der Waals surface area contributed by atoms with Crippen LogP contribution < -0.4 is 0 Å². The van der Waals surface area contributed by atoms with Gasteiger partial charge in [0.05, 0.1) is 23.3 Å². The van der Waals surface area contributed by atoms with E-state index >= 15 is 0 Å². The van der Waals surface area contributed by atoms with Crippen LogP contribution in [0.25, 0.3) is 0 Å². The summed E-state index contributed by atoms with van der Waals surface area (Å²) in [7, 11) is 0. The van der Waals surface area contributed by atoms with Gasteiger partial charge in [0.2, 0.25) is 0 Å². The van der Waals surface area contributed by atoms with Crippen LogP contribution in [0.3, 0.4) is 0 Å². The van der Waals surface area contributed by atoms with Crippen LogP contribution in [0.2, 0.25) is 0 Å². The first-order valence-corrected chi connectivity index (χ1v) is 12.9. The van der Waals surface area contributed by atoms with Crippen LogP contribution in [-0.2, 0) is 13.1 Å². The van der Waals surface area contributed by atoms with Gasteiger partial charge in [-0.25, -0.2) is 0 Å². The average Bonchev–Trinajstić information content (AvgIpc) is 3.17. The predicted octanol–water partition coefficient (Wildman–Crippen LogP) is 4.77. The number of hydrogen-bond acceptors (Lipinski definition) is 5. The highest BCUT2D eigenvalue weighted by molar-refractivity contribution is 5.33. The monoisotopic (exact) mass is 455 g/mol. The SMILES string of the molecule is N#Cc1cccc(CN2CCN(CCN(Cc3cccc(C#N)c3)C3CCCCCC3)CC2)c1. The van der Waals surface area contributed by atoms with Crippen molar-refractivity contribution in [3.05, 3.63) is 70.8 Å². The second-order valence-electron chi connectivity index (χ2n) is 9.86. The first-order valence-electron chi connectivity index (χ1n) is 12.9. The third-order valence-electron chi connectivity index (χ3n) is 7.41. The maximum atomic E-state index is 9.31. The zero-order valence-corrected chi connectivity index (χ0v) is 20.3. The van der Waals surface area contributed by atoms with Gasteiger partial charge in [-0.1, -0.05) is 49.9 Å². The number of hydrogen-bond donors (Lipinski definition) is 0. The Morgan fingerprint density at radius 1 is 0.765 bits per heavy atom. The molecule has 2 aromatic carbocycles. The van der Waals surface area contributed by atoms with E-state index < -0.39 is 0 Å². The van der Waals surface area contributed by atoms with E-state index in [0.717, 1.165) is 63.5 Å². The lowest BCUT2D eigenvalue weighted by Crippen LogP contribution is -2.49. The second-order valence-corrected chi connectivity index (χ2v) is 9.86. The molecule has 2 aromatic rings. The fourth-order valence-corrected chi connectivity index (χ4v) is 5.43. The van der Waals surface area contributed by atoms with E-state index in [0.29, 0.717) is 6.04 Å². The lowest BCUT2D eigenvalue weighted by Gasteiger charge is -2.37. The van der Waals surface area contributed by atoms with Gasteiger partial charge in [0.1, 0.15) is 0 Å². The minimum absolute atomic E-state index is 0.655. The molecule has 5 heteroatoms. The van der Waals surface area contributed by atoms with E-state index in [-0.39, 0.29) is 0 Å². The van der Waals surface area contributed by atoms with Crippen molar-refractivity contribution in [1.82, 2.24) is 14.7 Å². The molecule has 0 amide bonds. The Kier molecular flexibility index (Phi) is 9.11. The van der Waals surface area contributed by atoms with Crippen LogP contribution in [0.1, 0.15) is 60.8 Å². The van der Waals surface area contributed by atoms with E-state index in [2.05, 4.69) is 45.0 Å². The molecule has 1 aliphatic carbocycles. The lowest BCUT2D eigenvalue weighted by molar-refractivity contribution is 0.0971. The summed E-state index contributed by atoms with van der Waals surface area (Å²) in [6.07, 6.45) is 8.01. The Labute approximate surface area is 205 Å². The summed E-state index contributed by atoms with van der Waals surface area (Å²) in [4.78, 5) is 7.81. The molecular weight excluding hydrogens is 418 g/mol. The Morgan fingerprint density at radius 3 is 2.00 bits per heavy atom. The van der Waals surface area contributed by atoms with Gasteiger partial charge >= 0.3 is 0 Å². The number of piperazine rings is 1. The Hall–Kier alpha value is -2.70. The minimum atomic E-state index is 0.655. The molecule has 1 aliphatic heterocycles. The minimum Gasteiger partial charge on any atom is -0.300 e. The Morgan fingerprint density at radius 2 is 1.35 bits per heavy atom. The summed E-state index contributed by atoms with van der Waals surface area (Å²) in [5.74, 6) is 0. The van der Waals surface area contributed by atoms with Crippen molar-refractivity contribution in [3.63, 3.8) is 0 Å². The molecule has 2 fully saturated rings. The Bertz CT molecular complexity index is 988. The van der Waals surface area contributed by atoms with Crippen LogP contribution in [0.5, 0.6) is 0 Å². The molecule has 1 saturated carbocycles. The normalized spacial score (nSPS) is 18.3. The van der Waals surface area contributed by atoms with Crippen molar-refractivity contribution in [1.29, 1.82) is 10.5 Å². The molecule has 178 valence electrons. The van der Waals surface area contributed by atoms with Crippen LogP contribution in [0, 0.1) is 22.7 Å². The summed E-state index contributed by atoms with van der Waals surface area (Å²) < 4.78 is 0. The molecule has 4 rings (SSSR count). The summed E-state index contributed by atoms with van der Waals surface area (Å²) in [6.45, 7) is 8.40. The standard InChI is InChI=1S/C29H37N5/c30-21-25-7-5-9-27(19-25)23-33-15-13-32(14-16-33)17-18-34(29-11-3-1-2-4-12-29)24-28-10-6-8-26(20-28)22-31/h5-10,19-20,29H,1-4,11-18,23-24H2. The molecule has 0 aromatic heterocycles. The van der Waals surface area contributed by atoms with E-state index in [4.69, 9.17) is 5.26 Å². The quantitative estimate of drug-likeness (QED) is 0.537. The first kappa shape index (κ1) is 24.4. The molecule has 1 heterocycles.